The number of rotatable bonds is 10. The summed E-state index contributed by atoms with van der Waals surface area (Å²) in [5, 5.41) is 8.51. The van der Waals surface area contributed by atoms with Gasteiger partial charge in [-0.25, -0.2) is 0 Å². The van der Waals surface area contributed by atoms with Crippen molar-refractivity contribution in [3.05, 3.63) is 11.8 Å². The molecule has 2 nitrogen and oxygen atoms in total. The maximum atomic E-state index is 4.37. The monoisotopic (exact) mass is 264 g/mol. The molecule has 1 heterocycles. The van der Waals surface area contributed by atoms with Crippen molar-refractivity contribution in [3.8, 4) is 0 Å². The zero-order chi connectivity index (χ0) is 14.1. The van der Waals surface area contributed by atoms with Gasteiger partial charge in [0.1, 0.15) is 0 Å². The molecule has 0 spiro atoms. The molecule has 1 unspecified atom stereocenters. The first-order valence-corrected chi connectivity index (χ1v) is 8.18. The summed E-state index contributed by atoms with van der Waals surface area (Å²) in [5.74, 6) is 1.65. The fraction of sp³-hybridized carbons (Fsp3) is 0.882. The van der Waals surface area contributed by atoms with Crippen molar-refractivity contribution in [2.24, 2.45) is 22.1 Å². The topological polar surface area (TPSA) is 24.7 Å². The van der Waals surface area contributed by atoms with Gasteiger partial charge >= 0.3 is 0 Å². The summed E-state index contributed by atoms with van der Waals surface area (Å²) in [7, 11) is 0. The van der Waals surface area contributed by atoms with Crippen molar-refractivity contribution < 1.29 is 0 Å². The molecule has 0 fully saturated rings. The van der Waals surface area contributed by atoms with Gasteiger partial charge in [-0.1, -0.05) is 59.8 Å². The first-order chi connectivity index (χ1) is 9.09. The zero-order valence-corrected chi connectivity index (χ0v) is 13.4. The van der Waals surface area contributed by atoms with E-state index in [0.29, 0.717) is 6.04 Å². The molecule has 19 heavy (non-hydrogen) atoms. The van der Waals surface area contributed by atoms with Gasteiger partial charge in [-0.05, 0) is 36.7 Å². The highest BCUT2D eigenvalue weighted by Crippen LogP contribution is 2.26. The SMILES string of the molecule is CC(C)CCCCCC1=CN=NC1CCCC(C)C. The summed E-state index contributed by atoms with van der Waals surface area (Å²) in [6, 6.07) is 0.406. The molecule has 0 radical (unpaired) electrons. The number of hydrogen-bond donors (Lipinski definition) is 0. The summed E-state index contributed by atoms with van der Waals surface area (Å²) in [6.07, 6.45) is 12.4. The van der Waals surface area contributed by atoms with Crippen molar-refractivity contribution >= 4 is 0 Å². The molecule has 1 atom stereocenters. The van der Waals surface area contributed by atoms with Gasteiger partial charge in [0.05, 0.1) is 12.2 Å². The minimum absolute atomic E-state index is 0.406. The van der Waals surface area contributed by atoms with Crippen molar-refractivity contribution in [2.75, 3.05) is 0 Å². The van der Waals surface area contributed by atoms with E-state index < -0.39 is 0 Å². The molecule has 1 rings (SSSR count). The zero-order valence-electron chi connectivity index (χ0n) is 13.4. The van der Waals surface area contributed by atoms with Gasteiger partial charge < -0.3 is 0 Å². The van der Waals surface area contributed by atoms with E-state index in [4.69, 9.17) is 0 Å². The van der Waals surface area contributed by atoms with Crippen LogP contribution in [0.3, 0.4) is 0 Å². The van der Waals surface area contributed by atoms with Crippen LogP contribution in [-0.2, 0) is 0 Å². The van der Waals surface area contributed by atoms with E-state index in [1.165, 1.54) is 56.9 Å². The van der Waals surface area contributed by atoms with Crippen LogP contribution in [0, 0.1) is 11.8 Å². The number of azo groups is 1. The molecule has 0 amide bonds. The van der Waals surface area contributed by atoms with Crippen LogP contribution in [0.2, 0.25) is 0 Å². The predicted octanol–water partition coefficient (Wildman–Crippen LogP) is 6.14. The Bertz CT molecular complexity index is 290. The van der Waals surface area contributed by atoms with E-state index in [1.807, 2.05) is 6.20 Å². The first kappa shape index (κ1) is 16.4. The maximum Gasteiger partial charge on any atom is 0.0940 e. The molecule has 2 heteroatoms. The Kier molecular flexibility index (Phi) is 8.00. The molecule has 1 aliphatic rings. The molecule has 0 saturated heterocycles. The van der Waals surface area contributed by atoms with Gasteiger partial charge in [0.25, 0.3) is 0 Å². The van der Waals surface area contributed by atoms with Gasteiger partial charge in [-0.2, -0.15) is 10.2 Å². The molecule has 0 saturated carbocycles. The second kappa shape index (κ2) is 9.28. The molecule has 0 aromatic rings. The van der Waals surface area contributed by atoms with Crippen molar-refractivity contribution in [1.82, 2.24) is 0 Å². The van der Waals surface area contributed by atoms with E-state index in [0.717, 1.165) is 11.8 Å². The van der Waals surface area contributed by atoms with Crippen LogP contribution in [0.4, 0.5) is 0 Å². The lowest BCUT2D eigenvalue weighted by atomic mass is 9.95. The highest BCUT2D eigenvalue weighted by atomic mass is 15.1. The maximum absolute atomic E-state index is 4.37. The third kappa shape index (κ3) is 7.49. The van der Waals surface area contributed by atoms with Crippen LogP contribution in [0.25, 0.3) is 0 Å². The Morgan fingerprint density at radius 3 is 2.32 bits per heavy atom. The second-order valence-corrected chi connectivity index (χ2v) is 6.77. The lowest BCUT2D eigenvalue weighted by Crippen LogP contribution is -2.06. The van der Waals surface area contributed by atoms with Crippen LogP contribution >= 0.6 is 0 Å². The Morgan fingerprint density at radius 2 is 1.63 bits per heavy atom. The fourth-order valence-corrected chi connectivity index (χ4v) is 2.60. The molecular weight excluding hydrogens is 232 g/mol. The average molecular weight is 264 g/mol. The van der Waals surface area contributed by atoms with E-state index in [9.17, 15) is 0 Å². The summed E-state index contributed by atoms with van der Waals surface area (Å²) in [4.78, 5) is 0. The first-order valence-electron chi connectivity index (χ1n) is 8.18. The van der Waals surface area contributed by atoms with Crippen molar-refractivity contribution in [2.45, 2.75) is 85.1 Å². The van der Waals surface area contributed by atoms with E-state index in [1.54, 1.807) is 0 Å². The van der Waals surface area contributed by atoms with Crippen molar-refractivity contribution in [1.29, 1.82) is 0 Å². The van der Waals surface area contributed by atoms with Gasteiger partial charge in [0.2, 0.25) is 0 Å². The predicted molar refractivity (Wildman–Crippen MR) is 83.3 cm³/mol. The molecule has 0 aromatic carbocycles. The van der Waals surface area contributed by atoms with Crippen LogP contribution in [0.1, 0.15) is 79.1 Å². The van der Waals surface area contributed by atoms with Gasteiger partial charge in [-0.15, -0.1) is 0 Å². The Hall–Kier alpha value is -0.660. The minimum Gasteiger partial charge on any atom is -0.181 e. The largest absolute Gasteiger partial charge is 0.181 e. The highest BCUT2D eigenvalue weighted by Gasteiger charge is 2.17. The minimum atomic E-state index is 0.406. The molecular formula is C17H32N2. The van der Waals surface area contributed by atoms with Crippen LogP contribution in [-0.4, -0.2) is 6.04 Å². The van der Waals surface area contributed by atoms with Gasteiger partial charge in [0, 0.05) is 0 Å². The van der Waals surface area contributed by atoms with Crippen LogP contribution in [0.15, 0.2) is 22.0 Å². The molecule has 110 valence electrons. The Morgan fingerprint density at radius 1 is 0.947 bits per heavy atom. The molecule has 0 aliphatic carbocycles. The Balaban J connectivity index is 2.12. The third-order valence-corrected chi connectivity index (χ3v) is 3.86. The summed E-state index contributed by atoms with van der Waals surface area (Å²) >= 11 is 0. The molecule has 0 bridgehead atoms. The lowest BCUT2D eigenvalue weighted by molar-refractivity contribution is 0.503. The van der Waals surface area contributed by atoms with E-state index in [2.05, 4.69) is 37.9 Å². The number of nitrogens with zero attached hydrogens (tertiary/aromatic N) is 2. The standard InChI is InChI=1S/C17H32N2/c1-14(2)9-6-5-7-11-16-13-18-19-17(16)12-8-10-15(3)4/h13-15,17H,5-12H2,1-4H3. The lowest BCUT2D eigenvalue weighted by Gasteiger charge is -2.12. The third-order valence-electron chi connectivity index (χ3n) is 3.86. The Labute approximate surface area is 119 Å². The number of unbranched alkanes of at least 4 members (excludes halogenated alkanes) is 2. The van der Waals surface area contributed by atoms with Crippen LogP contribution in [0.5, 0.6) is 0 Å². The second-order valence-electron chi connectivity index (χ2n) is 6.77. The average Bonchev–Trinajstić information content (AvgIpc) is 2.75. The summed E-state index contributed by atoms with van der Waals surface area (Å²) < 4.78 is 0. The normalized spacial score (nSPS) is 18.6. The molecule has 0 aromatic heterocycles. The summed E-state index contributed by atoms with van der Waals surface area (Å²) in [6.45, 7) is 9.20. The molecule has 1 aliphatic heterocycles. The van der Waals surface area contributed by atoms with E-state index in [-0.39, 0.29) is 0 Å². The van der Waals surface area contributed by atoms with E-state index >= 15 is 0 Å². The quantitative estimate of drug-likeness (QED) is 0.423. The smallest absolute Gasteiger partial charge is 0.0940 e. The van der Waals surface area contributed by atoms with Gasteiger partial charge in [-0.3, -0.25) is 0 Å². The fourth-order valence-electron chi connectivity index (χ4n) is 2.60. The van der Waals surface area contributed by atoms with Gasteiger partial charge in [0.15, 0.2) is 0 Å². The van der Waals surface area contributed by atoms with Crippen LogP contribution < -0.4 is 0 Å². The summed E-state index contributed by atoms with van der Waals surface area (Å²) in [5.41, 5.74) is 1.48. The number of hydrogen-bond acceptors (Lipinski definition) is 2. The highest BCUT2D eigenvalue weighted by molar-refractivity contribution is 5.13. The van der Waals surface area contributed by atoms with Crippen molar-refractivity contribution in [3.63, 3.8) is 0 Å². The molecule has 0 N–H and O–H groups in total.